The van der Waals surface area contributed by atoms with Gasteiger partial charge in [0, 0.05) is 19.0 Å². The topological polar surface area (TPSA) is 30.3 Å². The molecular formula is C11H21N3. The van der Waals surface area contributed by atoms with Gasteiger partial charge in [-0.15, -0.1) is 0 Å². The standard InChI is InChI=1S/C11H21N3/c1-13-8-5-10(6-9-13)14-7-3-2-4-11(14)12/h10,12H,2-9H2,1H3. The minimum atomic E-state index is 0.666. The first kappa shape index (κ1) is 9.97. The number of piperidine rings is 2. The molecule has 0 aromatic heterocycles. The van der Waals surface area contributed by atoms with Crippen LogP contribution >= 0.6 is 0 Å². The van der Waals surface area contributed by atoms with E-state index in [4.69, 9.17) is 5.41 Å². The Morgan fingerprint density at radius 3 is 2.50 bits per heavy atom. The van der Waals surface area contributed by atoms with Crippen LogP contribution in [0.15, 0.2) is 0 Å². The summed E-state index contributed by atoms with van der Waals surface area (Å²) in [6, 6.07) is 0.666. The lowest BCUT2D eigenvalue weighted by Crippen LogP contribution is -2.48. The van der Waals surface area contributed by atoms with Crippen LogP contribution in [0.5, 0.6) is 0 Å². The molecule has 2 aliphatic rings. The van der Waals surface area contributed by atoms with Crippen LogP contribution in [0.4, 0.5) is 0 Å². The van der Waals surface area contributed by atoms with Crippen LogP contribution in [0.3, 0.4) is 0 Å². The molecule has 2 heterocycles. The predicted molar refractivity (Wildman–Crippen MR) is 58.8 cm³/mol. The van der Waals surface area contributed by atoms with Crippen LogP contribution in [0.2, 0.25) is 0 Å². The number of hydrogen-bond acceptors (Lipinski definition) is 2. The van der Waals surface area contributed by atoms with Crippen molar-refractivity contribution in [3.05, 3.63) is 0 Å². The predicted octanol–water partition coefficient (Wildman–Crippen LogP) is 1.54. The number of nitrogens with one attached hydrogen (secondary N) is 1. The van der Waals surface area contributed by atoms with E-state index in [0.717, 1.165) is 18.8 Å². The SMILES string of the molecule is CN1CCC(N2CCCCC2=N)CC1. The average Bonchev–Trinajstić information content (AvgIpc) is 2.20. The highest BCUT2D eigenvalue weighted by Gasteiger charge is 2.26. The summed E-state index contributed by atoms with van der Waals surface area (Å²) in [6.45, 7) is 3.54. The van der Waals surface area contributed by atoms with E-state index in [2.05, 4.69) is 16.8 Å². The van der Waals surface area contributed by atoms with Crippen LogP contribution in [0, 0.1) is 5.41 Å². The lowest BCUT2D eigenvalue weighted by Gasteiger charge is -2.40. The zero-order valence-corrected chi connectivity index (χ0v) is 9.13. The van der Waals surface area contributed by atoms with Gasteiger partial charge in [-0.3, -0.25) is 5.41 Å². The highest BCUT2D eigenvalue weighted by molar-refractivity contribution is 5.80. The Kier molecular flexibility index (Phi) is 3.06. The van der Waals surface area contributed by atoms with Crippen molar-refractivity contribution in [2.75, 3.05) is 26.7 Å². The molecule has 0 saturated carbocycles. The van der Waals surface area contributed by atoms with Crippen LogP contribution in [0.25, 0.3) is 0 Å². The maximum atomic E-state index is 7.94. The lowest BCUT2D eigenvalue weighted by atomic mass is 10.00. The molecule has 1 N–H and O–H groups in total. The molecule has 0 atom stereocenters. The van der Waals surface area contributed by atoms with Crippen molar-refractivity contribution in [2.45, 2.75) is 38.1 Å². The molecule has 0 aromatic carbocycles. The van der Waals surface area contributed by atoms with E-state index in [-0.39, 0.29) is 0 Å². The molecule has 80 valence electrons. The first-order valence-electron chi connectivity index (χ1n) is 5.80. The van der Waals surface area contributed by atoms with E-state index in [1.165, 1.54) is 38.8 Å². The van der Waals surface area contributed by atoms with Crippen molar-refractivity contribution in [3.8, 4) is 0 Å². The second-order valence-electron chi connectivity index (χ2n) is 4.63. The number of likely N-dealkylation sites (tertiary alicyclic amines) is 2. The molecule has 3 nitrogen and oxygen atoms in total. The maximum Gasteiger partial charge on any atom is 0.0960 e. The Hall–Kier alpha value is -0.570. The van der Waals surface area contributed by atoms with Crippen molar-refractivity contribution in [2.24, 2.45) is 0 Å². The molecule has 2 aliphatic heterocycles. The van der Waals surface area contributed by atoms with E-state index in [1.807, 2.05) is 0 Å². The van der Waals surface area contributed by atoms with Gasteiger partial charge in [0.2, 0.25) is 0 Å². The van der Waals surface area contributed by atoms with Gasteiger partial charge in [-0.1, -0.05) is 0 Å². The van der Waals surface area contributed by atoms with Gasteiger partial charge in [0.25, 0.3) is 0 Å². The van der Waals surface area contributed by atoms with Crippen LogP contribution < -0.4 is 0 Å². The number of hydrogen-bond donors (Lipinski definition) is 1. The Morgan fingerprint density at radius 1 is 1.14 bits per heavy atom. The summed E-state index contributed by atoms with van der Waals surface area (Å²) in [4.78, 5) is 4.75. The average molecular weight is 195 g/mol. The van der Waals surface area contributed by atoms with Crippen molar-refractivity contribution in [1.82, 2.24) is 9.80 Å². The monoisotopic (exact) mass is 195 g/mol. The summed E-state index contributed by atoms with van der Waals surface area (Å²) in [5, 5.41) is 7.94. The molecular weight excluding hydrogens is 174 g/mol. The number of amidine groups is 1. The van der Waals surface area contributed by atoms with Gasteiger partial charge in [-0.25, -0.2) is 0 Å². The van der Waals surface area contributed by atoms with Gasteiger partial charge in [0.15, 0.2) is 0 Å². The summed E-state index contributed by atoms with van der Waals surface area (Å²) in [6.07, 6.45) is 6.01. The first-order valence-corrected chi connectivity index (χ1v) is 5.80. The highest BCUT2D eigenvalue weighted by Crippen LogP contribution is 2.21. The van der Waals surface area contributed by atoms with Crippen molar-refractivity contribution >= 4 is 5.84 Å². The van der Waals surface area contributed by atoms with E-state index < -0.39 is 0 Å². The minimum Gasteiger partial charge on any atom is -0.357 e. The van der Waals surface area contributed by atoms with Gasteiger partial charge >= 0.3 is 0 Å². The lowest BCUT2D eigenvalue weighted by molar-refractivity contribution is 0.166. The van der Waals surface area contributed by atoms with Gasteiger partial charge in [0.1, 0.15) is 0 Å². The molecule has 14 heavy (non-hydrogen) atoms. The Morgan fingerprint density at radius 2 is 1.86 bits per heavy atom. The normalized spacial score (nSPS) is 26.9. The van der Waals surface area contributed by atoms with Crippen LogP contribution in [-0.4, -0.2) is 48.4 Å². The molecule has 0 radical (unpaired) electrons. The van der Waals surface area contributed by atoms with E-state index in [0.29, 0.717) is 6.04 Å². The van der Waals surface area contributed by atoms with Gasteiger partial charge < -0.3 is 9.80 Å². The molecule has 2 rings (SSSR count). The summed E-state index contributed by atoms with van der Waals surface area (Å²) < 4.78 is 0. The molecule has 3 heteroatoms. The van der Waals surface area contributed by atoms with E-state index in [9.17, 15) is 0 Å². The quantitative estimate of drug-likeness (QED) is 0.688. The van der Waals surface area contributed by atoms with Gasteiger partial charge in [-0.05, 0) is 45.8 Å². The summed E-state index contributed by atoms with van der Waals surface area (Å²) in [5.74, 6) is 0.894. The second kappa shape index (κ2) is 4.30. The highest BCUT2D eigenvalue weighted by atomic mass is 15.2. The fourth-order valence-electron chi connectivity index (χ4n) is 2.56. The van der Waals surface area contributed by atoms with E-state index >= 15 is 0 Å². The third-order valence-electron chi connectivity index (χ3n) is 3.54. The summed E-state index contributed by atoms with van der Waals surface area (Å²) in [7, 11) is 2.19. The molecule has 2 fully saturated rings. The minimum absolute atomic E-state index is 0.666. The smallest absolute Gasteiger partial charge is 0.0960 e. The third-order valence-corrected chi connectivity index (χ3v) is 3.54. The van der Waals surface area contributed by atoms with Crippen LogP contribution in [0.1, 0.15) is 32.1 Å². The van der Waals surface area contributed by atoms with Crippen molar-refractivity contribution in [3.63, 3.8) is 0 Å². The number of nitrogens with zero attached hydrogens (tertiary/aromatic N) is 2. The van der Waals surface area contributed by atoms with Crippen molar-refractivity contribution < 1.29 is 0 Å². The zero-order chi connectivity index (χ0) is 9.97. The largest absolute Gasteiger partial charge is 0.357 e. The summed E-state index contributed by atoms with van der Waals surface area (Å²) in [5.41, 5.74) is 0. The third kappa shape index (κ3) is 2.08. The van der Waals surface area contributed by atoms with Crippen molar-refractivity contribution in [1.29, 1.82) is 5.41 Å². The fraction of sp³-hybridized carbons (Fsp3) is 0.909. The molecule has 0 aromatic rings. The van der Waals surface area contributed by atoms with Crippen LogP contribution in [-0.2, 0) is 0 Å². The van der Waals surface area contributed by atoms with E-state index in [1.54, 1.807) is 0 Å². The molecule has 0 aliphatic carbocycles. The maximum absolute atomic E-state index is 7.94. The molecule has 0 spiro atoms. The first-order chi connectivity index (χ1) is 6.77. The summed E-state index contributed by atoms with van der Waals surface area (Å²) >= 11 is 0. The zero-order valence-electron chi connectivity index (χ0n) is 9.13. The fourth-order valence-corrected chi connectivity index (χ4v) is 2.56. The van der Waals surface area contributed by atoms with Gasteiger partial charge in [0.05, 0.1) is 5.84 Å². The Bertz CT molecular complexity index is 207. The molecule has 0 unspecified atom stereocenters. The van der Waals surface area contributed by atoms with Gasteiger partial charge in [-0.2, -0.15) is 0 Å². The molecule has 2 saturated heterocycles. The Labute approximate surface area is 86.6 Å². The molecule has 0 amide bonds. The Balaban J connectivity index is 1.90. The molecule has 0 bridgehead atoms. The second-order valence-corrected chi connectivity index (χ2v) is 4.63. The number of rotatable bonds is 1.